The van der Waals surface area contributed by atoms with E-state index in [2.05, 4.69) is 0 Å². The van der Waals surface area contributed by atoms with Crippen LogP contribution in [0, 0.1) is 11.8 Å². The molecule has 2 heterocycles. The van der Waals surface area contributed by atoms with Crippen LogP contribution in [-0.2, 0) is 20.7 Å². The van der Waals surface area contributed by atoms with Crippen molar-refractivity contribution in [3.63, 3.8) is 0 Å². The summed E-state index contributed by atoms with van der Waals surface area (Å²) in [5.74, 6) is -8.14. The smallest absolute Gasteiger partial charge is 0.255 e. The summed E-state index contributed by atoms with van der Waals surface area (Å²) in [5, 5.41) is 47.3. The molecule has 0 saturated carbocycles. The fourth-order valence-corrected chi connectivity index (χ4v) is 6.60. The SMILES string of the molecule is COc1c(CC=C(C)C)c2c(c(O)c1C(C)=O)[C@H](CC(C)C)[C@H]1C(=O)C(C(C)=O)=C3O[C@@H](C(C)(C)O)C[C@@]3(O)[C@@]1(O)O2. The summed E-state index contributed by atoms with van der Waals surface area (Å²) in [6.45, 7) is 12.9. The molecule has 5 atom stereocenters. The fraction of sp³-hybridized carbons (Fsp3) is 0.594. The molecule has 1 aliphatic carbocycles. The second-order valence-corrected chi connectivity index (χ2v) is 13.0. The molecule has 0 radical (unpaired) electrons. The number of aromatic hydroxyl groups is 1. The maximum atomic E-state index is 14.2. The van der Waals surface area contributed by atoms with Crippen molar-refractivity contribution in [3.05, 3.63) is 39.7 Å². The summed E-state index contributed by atoms with van der Waals surface area (Å²) in [7, 11) is 1.35. The summed E-state index contributed by atoms with van der Waals surface area (Å²) in [6.07, 6.45) is 0.786. The average molecular weight is 587 g/mol. The minimum Gasteiger partial charge on any atom is -0.507 e. The Morgan fingerprint density at radius 1 is 1.14 bits per heavy atom. The van der Waals surface area contributed by atoms with Gasteiger partial charge >= 0.3 is 0 Å². The Bertz CT molecular complexity index is 1410. The molecule has 10 heteroatoms. The minimum atomic E-state index is -2.67. The molecule has 1 saturated heterocycles. The average Bonchev–Trinajstić information content (AvgIpc) is 3.21. The van der Waals surface area contributed by atoms with Crippen LogP contribution in [0.5, 0.6) is 17.2 Å². The van der Waals surface area contributed by atoms with Crippen LogP contribution in [0.2, 0.25) is 0 Å². The van der Waals surface area contributed by atoms with Crippen LogP contribution in [0.1, 0.15) is 95.6 Å². The lowest BCUT2D eigenvalue weighted by Gasteiger charge is -2.53. The third-order valence-corrected chi connectivity index (χ3v) is 8.57. The summed E-state index contributed by atoms with van der Waals surface area (Å²) >= 11 is 0. The van der Waals surface area contributed by atoms with Gasteiger partial charge < -0.3 is 34.6 Å². The molecule has 4 rings (SSSR count). The van der Waals surface area contributed by atoms with Gasteiger partial charge in [-0.05, 0) is 60.3 Å². The molecule has 1 aromatic carbocycles. The van der Waals surface area contributed by atoms with E-state index in [0.29, 0.717) is 5.56 Å². The minimum absolute atomic E-state index is 0.0187. The van der Waals surface area contributed by atoms with Gasteiger partial charge in [0, 0.05) is 23.5 Å². The van der Waals surface area contributed by atoms with Crippen molar-refractivity contribution in [1.82, 2.24) is 0 Å². The highest BCUT2D eigenvalue weighted by Crippen LogP contribution is 2.63. The lowest BCUT2D eigenvalue weighted by Crippen LogP contribution is -2.70. The van der Waals surface area contributed by atoms with Gasteiger partial charge in [-0.2, -0.15) is 0 Å². The lowest BCUT2D eigenvalue weighted by molar-refractivity contribution is -0.281. The van der Waals surface area contributed by atoms with E-state index in [9.17, 15) is 34.8 Å². The molecule has 0 bridgehead atoms. The largest absolute Gasteiger partial charge is 0.507 e. The third kappa shape index (κ3) is 4.64. The number of Topliss-reactive ketones (excluding diaryl/α,β-unsaturated/α-hetero) is 3. The first-order valence-electron chi connectivity index (χ1n) is 14.2. The van der Waals surface area contributed by atoms with E-state index in [1.165, 1.54) is 27.9 Å². The van der Waals surface area contributed by atoms with E-state index < -0.39 is 69.4 Å². The van der Waals surface area contributed by atoms with Crippen molar-refractivity contribution in [1.29, 1.82) is 0 Å². The monoisotopic (exact) mass is 586 g/mol. The first-order valence-corrected chi connectivity index (χ1v) is 14.2. The van der Waals surface area contributed by atoms with Gasteiger partial charge in [0.25, 0.3) is 5.79 Å². The maximum Gasteiger partial charge on any atom is 0.255 e. The normalized spacial score (nSPS) is 28.4. The number of rotatable bonds is 8. The molecule has 42 heavy (non-hydrogen) atoms. The van der Waals surface area contributed by atoms with E-state index in [1.54, 1.807) is 0 Å². The molecule has 230 valence electrons. The lowest BCUT2D eigenvalue weighted by atomic mass is 9.61. The predicted molar refractivity (Wildman–Crippen MR) is 153 cm³/mol. The van der Waals surface area contributed by atoms with Gasteiger partial charge in [0.2, 0.25) is 0 Å². The topological polar surface area (TPSA) is 160 Å². The standard InChI is InChI=1S/C32H42O10/c1-14(2)10-11-18-27(40-9)21(16(5)33)25(35)23-19(12-15(3)4)24-26(36)22(17(6)34)29-31(38,32(24,39)42-28(18)23)13-20(41-29)30(7,8)37/h10,15,19-20,24,35,37-39H,11-13H2,1-9H3/t19-,20+,24-,31-,32-/m0/s1. The number of phenolic OH excluding ortho intramolecular Hbond substituents is 1. The van der Waals surface area contributed by atoms with Gasteiger partial charge in [-0.25, -0.2) is 0 Å². The number of phenols is 1. The second kappa shape index (κ2) is 10.5. The highest BCUT2D eigenvalue weighted by molar-refractivity contribution is 6.22. The number of hydrogen-bond acceptors (Lipinski definition) is 10. The number of ketones is 3. The molecule has 0 unspecified atom stereocenters. The highest BCUT2D eigenvalue weighted by Gasteiger charge is 2.74. The number of methoxy groups -OCH3 is 1. The maximum absolute atomic E-state index is 14.2. The highest BCUT2D eigenvalue weighted by atomic mass is 16.7. The Morgan fingerprint density at radius 3 is 2.24 bits per heavy atom. The van der Waals surface area contributed by atoms with Crippen LogP contribution in [0.25, 0.3) is 0 Å². The molecule has 10 nitrogen and oxygen atoms in total. The summed E-state index contributed by atoms with van der Waals surface area (Å²) in [4.78, 5) is 40.1. The van der Waals surface area contributed by atoms with Gasteiger partial charge in [-0.1, -0.05) is 25.5 Å². The summed E-state index contributed by atoms with van der Waals surface area (Å²) in [6, 6.07) is 0. The Kier molecular flexibility index (Phi) is 7.93. The molecule has 2 aliphatic heterocycles. The number of ether oxygens (including phenoxy) is 3. The van der Waals surface area contributed by atoms with Crippen LogP contribution in [-0.4, -0.2) is 68.0 Å². The van der Waals surface area contributed by atoms with Crippen molar-refractivity contribution >= 4 is 17.3 Å². The number of carbonyl (C=O) groups is 3. The van der Waals surface area contributed by atoms with Gasteiger partial charge in [-0.15, -0.1) is 0 Å². The molecule has 0 amide bonds. The van der Waals surface area contributed by atoms with Gasteiger partial charge in [0.15, 0.2) is 23.0 Å². The first kappa shape index (κ1) is 31.7. The molecule has 1 aromatic rings. The van der Waals surface area contributed by atoms with Crippen molar-refractivity contribution in [2.24, 2.45) is 11.8 Å². The first-order chi connectivity index (χ1) is 19.3. The second-order valence-electron chi connectivity index (χ2n) is 13.0. The number of carbonyl (C=O) groups excluding carboxylic acids is 3. The van der Waals surface area contributed by atoms with Crippen LogP contribution in [0.3, 0.4) is 0 Å². The number of hydrogen-bond donors (Lipinski definition) is 4. The number of benzene rings is 1. The molecular weight excluding hydrogens is 544 g/mol. The number of aliphatic hydroxyl groups is 3. The van der Waals surface area contributed by atoms with Crippen LogP contribution >= 0.6 is 0 Å². The van der Waals surface area contributed by atoms with Crippen molar-refractivity contribution in [3.8, 4) is 17.2 Å². The van der Waals surface area contributed by atoms with Crippen molar-refractivity contribution in [2.75, 3.05) is 7.11 Å². The number of fused-ring (bicyclic) bond motifs is 4. The molecule has 0 spiro atoms. The van der Waals surface area contributed by atoms with E-state index in [-0.39, 0.29) is 47.8 Å². The Morgan fingerprint density at radius 2 is 1.76 bits per heavy atom. The quantitative estimate of drug-likeness (QED) is 0.201. The van der Waals surface area contributed by atoms with Crippen molar-refractivity contribution in [2.45, 2.75) is 104 Å². The van der Waals surface area contributed by atoms with Gasteiger partial charge in [0.05, 0.1) is 18.6 Å². The van der Waals surface area contributed by atoms with E-state index >= 15 is 0 Å². The van der Waals surface area contributed by atoms with Crippen LogP contribution < -0.4 is 9.47 Å². The van der Waals surface area contributed by atoms with Gasteiger partial charge in [0.1, 0.15) is 40.2 Å². The van der Waals surface area contributed by atoms with Crippen LogP contribution in [0.4, 0.5) is 0 Å². The Hall–Kier alpha value is -3.21. The van der Waals surface area contributed by atoms with E-state index in [4.69, 9.17) is 14.2 Å². The Labute approximate surface area is 246 Å². The summed E-state index contributed by atoms with van der Waals surface area (Å²) < 4.78 is 17.9. The van der Waals surface area contributed by atoms with Gasteiger partial charge in [-0.3, -0.25) is 14.4 Å². The summed E-state index contributed by atoms with van der Waals surface area (Å²) in [5.41, 5.74) is -3.05. The molecule has 3 aliphatic rings. The zero-order valence-electron chi connectivity index (χ0n) is 25.7. The van der Waals surface area contributed by atoms with Crippen molar-refractivity contribution < 1.29 is 49.0 Å². The Balaban J connectivity index is 2.14. The van der Waals surface area contributed by atoms with E-state index in [0.717, 1.165) is 12.5 Å². The fourth-order valence-electron chi connectivity index (χ4n) is 6.60. The zero-order valence-corrected chi connectivity index (χ0v) is 25.7. The van der Waals surface area contributed by atoms with E-state index in [1.807, 2.05) is 33.8 Å². The third-order valence-electron chi connectivity index (χ3n) is 8.57. The number of allylic oxidation sites excluding steroid dienone is 3. The molecule has 0 aromatic heterocycles. The molecule has 4 N–H and O–H groups in total. The van der Waals surface area contributed by atoms with Crippen LogP contribution in [0.15, 0.2) is 23.0 Å². The molecule has 1 fully saturated rings. The molecular formula is C32H42O10. The zero-order chi connectivity index (χ0) is 31.7. The predicted octanol–water partition coefficient (Wildman–Crippen LogP) is 3.66.